The van der Waals surface area contributed by atoms with E-state index >= 15 is 0 Å². The fourth-order valence-electron chi connectivity index (χ4n) is 1.43. The summed E-state index contributed by atoms with van der Waals surface area (Å²) in [6, 6.07) is 7.74. The zero-order valence-electron chi connectivity index (χ0n) is 10.6. The molecule has 1 amide bonds. The number of hydrogen-bond donors (Lipinski definition) is 3. The first-order chi connectivity index (χ1) is 8.61. The van der Waals surface area contributed by atoms with Gasteiger partial charge in [0, 0.05) is 6.54 Å². The van der Waals surface area contributed by atoms with Crippen LogP contribution in [0.2, 0.25) is 0 Å². The van der Waals surface area contributed by atoms with E-state index < -0.39 is 12.0 Å². The van der Waals surface area contributed by atoms with E-state index in [1.165, 1.54) is 5.56 Å². The SMILES string of the molecule is CCc1ccc(OCC(O)CNCC(N)=O)cc1. The van der Waals surface area contributed by atoms with Crippen LogP contribution in [-0.2, 0) is 11.2 Å². The summed E-state index contributed by atoms with van der Waals surface area (Å²) in [5.74, 6) is 0.277. The van der Waals surface area contributed by atoms with E-state index in [0.717, 1.165) is 12.2 Å². The molecule has 4 N–H and O–H groups in total. The number of benzene rings is 1. The third kappa shape index (κ3) is 5.65. The number of nitrogens with two attached hydrogens (primary N) is 1. The number of carbonyl (C=O) groups excluding carboxylic acids is 1. The molecule has 1 aromatic rings. The highest BCUT2D eigenvalue weighted by Gasteiger charge is 2.05. The first-order valence-corrected chi connectivity index (χ1v) is 6.00. The molecule has 100 valence electrons. The molecule has 0 fully saturated rings. The van der Waals surface area contributed by atoms with Crippen LogP contribution < -0.4 is 15.8 Å². The largest absolute Gasteiger partial charge is 0.491 e. The second kappa shape index (κ2) is 7.68. The molecule has 1 unspecified atom stereocenters. The molecule has 0 bridgehead atoms. The van der Waals surface area contributed by atoms with Crippen molar-refractivity contribution >= 4 is 5.91 Å². The van der Waals surface area contributed by atoms with Gasteiger partial charge in [-0.25, -0.2) is 0 Å². The molecule has 0 radical (unpaired) electrons. The first kappa shape index (κ1) is 14.5. The molecule has 5 nitrogen and oxygen atoms in total. The second-order valence-corrected chi connectivity index (χ2v) is 4.06. The highest BCUT2D eigenvalue weighted by molar-refractivity contribution is 5.75. The van der Waals surface area contributed by atoms with Crippen LogP contribution in [0.4, 0.5) is 0 Å². The lowest BCUT2D eigenvalue weighted by molar-refractivity contribution is -0.117. The molecule has 0 saturated heterocycles. The van der Waals surface area contributed by atoms with Gasteiger partial charge >= 0.3 is 0 Å². The zero-order valence-corrected chi connectivity index (χ0v) is 10.6. The van der Waals surface area contributed by atoms with Crippen LogP contribution in [0.25, 0.3) is 0 Å². The maximum absolute atomic E-state index is 10.5. The first-order valence-electron chi connectivity index (χ1n) is 6.00. The van der Waals surface area contributed by atoms with Crippen LogP contribution in [0.5, 0.6) is 5.75 Å². The average Bonchev–Trinajstić information content (AvgIpc) is 2.36. The van der Waals surface area contributed by atoms with Crippen LogP contribution >= 0.6 is 0 Å². The number of aliphatic hydroxyl groups is 1. The Morgan fingerprint density at radius 1 is 1.44 bits per heavy atom. The molecule has 5 heteroatoms. The van der Waals surface area contributed by atoms with Gasteiger partial charge in [-0.15, -0.1) is 0 Å². The number of aliphatic hydroxyl groups excluding tert-OH is 1. The molecule has 1 aromatic carbocycles. The topological polar surface area (TPSA) is 84.6 Å². The fraction of sp³-hybridized carbons (Fsp3) is 0.462. The van der Waals surface area contributed by atoms with Crippen LogP contribution in [0.1, 0.15) is 12.5 Å². The lowest BCUT2D eigenvalue weighted by atomic mass is 10.2. The summed E-state index contributed by atoms with van der Waals surface area (Å²) in [5, 5.41) is 12.3. The van der Waals surface area contributed by atoms with E-state index in [2.05, 4.69) is 12.2 Å². The molecule has 0 aliphatic heterocycles. The van der Waals surface area contributed by atoms with Gasteiger partial charge < -0.3 is 20.9 Å². The third-order valence-corrected chi connectivity index (χ3v) is 2.45. The van der Waals surface area contributed by atoms with E-state index in [1.807, 2.05) is 24.3 Å². The molecule has 0 aromatic heterocycles. The Bertz CT molecular complexity index is 365. The van der Waals surface area contributed by atoms with Crippen molar-refractivity contribution in [3.8, 4) is 5.75 Å². The van der Waals surface area contributed by atoms with Crippen molar-refractivity contribution < 1.29 is 14.6 Å². The van der Waals surface area contributed by atoms with Crippen LogP contribution in [0.3, 0.4) is 0 Å². The number of carbonyl (C=O) groups is 1. The number of rotatable bonds is 8. The van der Waals surface area contributed by atoms with Gasteiger partial charge in [-0.05, 0) is 24.1 Å². The number of aryl methyl sites for hydroxylation is 1. The van der Waals surface area contributed by atoms with Gasteiger partial charge in [0.25, 0.3) is 0 Å². The summed E-state index contributed by atoms with van der Waals surface area (Å²) in [5.41, 5.74) is 6.20. The van der Waals surface area contributed by atoms with Crippen molar-refractivity contribution in [3.63, 3.8) is 0 Å². The zero-order chi connectivity index (χ0) is 13.4. The lowest BCUT2D eigenvalue weighted by Gasteiger charge is -2.12. The molecule has 0 saturated carbocycles. The number of amides is 1. The van der Waals surface area contributed by atoms with E-state index in [0.29, 0.717) is 0 Å². The smallest absolute Gasteiger partial charge is 0.231 e. The standard InChI is InChI=1S/C13H20N2O3/c1-2-10-3-5-12(6-4-10)18-9-11(16)7-15-8-13(14)17/h3-6,11,15-16H,2,7-9H2,1H3,(H2,14,17). The highest BCUT2D eigenvalue weighted by atomic mass is 16.5. The van der Waals surface area contributed by atoms with Gasteiger partial charge in [0.2, 0.25) is 5.91 Å². The summed E-state index contributed by atoms with van der Waals surface area (Å²) in [4.78, 5) is 10.5. The van der Waals surface area contributed by atoms with Crippen molar-refractivity contribution in [1.82, 2.24) is 5.32 Å². The van der Waals surface area contributed by atoms with E-state index in [9.17, 15) is 9.90 Å². The van der Waals surface area contributed by atoms with Crippen molar-refractivity contribution in [1.29, 1.82) is 0 Å². The Labute approximate surface area is 107 Å². The Hall–Kier alpha value is -1.59. The van der Waals surface area contributed by atoms with Gasteiger partial charge in [0.15, 0.2) is 0 Å². The third-order valence-electron chi connectivity index (χ3n) is 2.45. The second-order valence-electron chi connectivity index (χ2n) is 4.06. The van der Waals surface area contributed by atoms with Crippen LogP contribution in [-0.4, -0.2) is 36.8 Å². The van der Waals surface area contributed by atoms with E-state index in [4.69, 9.17) is 10.5 Å². The predicted molar refractivity (Wildman–Crippen MR) is 69.4 cm³/mol. The summed E-state index contributed by atoms with van der Waals surface area (Å²) in [6.45, 7) is 2.60. The molecule has 0 spiro atoms. The number of primary amides is 1. The molecule has 1 atom stereocenters. The number of hydrogen-bond acceptors (Lipinski definition) is 4. The molecule has 0 aliphatic rings. The van der Waals surface area contributed by atoms with Gasteiger partial charge in [0.05, 0.1) is 6.54 Å². The molecular weight excluding hydrogens is 232 g/mol. The molecule has 1 rings (SSSR count). The Morgan fingerprint density at radius 2 is 2.11 bits per heavy atom. The lowest BCUT2D eigenvalue weighted by Crippen LogP contribution is -2.36. The van der Waals surface area contributed by atoms with E-state index in [-0.39, 0.29) is 19.7 Å². The van der Waals surface area contributed by atoms with Gasteiger partial charge in [-0.2, -0.15) is 0 Å². The van der Waals surface area contributed by atoms with E-state index in [1.54, 1.807) is 0 Å². The minimum Gasteiger partial charge on any atom is -0.491 e. The van der Waals surface area contributed by atoms with Crippen LogP contribution in [0, 0.1) is 0 Å². The Balaban J connectivity index is 2.24. The number of nitrogens with one attached hydrogen (secondary N) is 1. The Kier molecular flexibility index (Phi) is 6.18. The summed E-state index contributed by atoms with van der Waals surface area (Å²) in [6.07, 6.45) is 0.315. The van der Waals surface area contributed by atoms with Crippen molar-refractivity contribution in [2.45, 2.75) is 19.4 Å². The molecule has 0 aliphatic carbocycles. The monoisotopic (exact) mass is 252 g/mol. The Morgan fingerprint density at radius 3 is 2.67 bits per heavy atom. The summed E-state index contributed by atoms with van der Waals surface area (Å²) >= 11 is 0. The van der Waals surface area contributed by atoms with Crippen molar-refractivity contribution in [2.75, 3.05) is 19.7 Å². The minimum absolute atomic E-state index is 0.0578. The number of ether oxygens (including phenoxy) is 1. The normalized spacial score (nSPS) is 12.1. The molecule has 0 heterocycles. The quantitative estimate of drug-likeness (QED) is 0.611. The highest BCUT2D eigenvalue weighted by Crippen LogP contribution is 2.12. The molecular formula is C13H20N2O3. The van der Waals surface area contributed by atoms with Gasteiger partial charge in [0.1, 0.15) is 18.5 Å². The average molecular weight is 252 g/mol. The summed E-state index contributed by atoms with van der Waals surface area (Å²) < 4.78 is 5.42. The summed E-state index contributed by atoms with van der Waals surface area (Å²) in [7, 11) is 0. The maximum Gasteiger partial charge on any atom is 0.231 e. The fourth-order valence-corrected chi connectivity index (χ4v) is 1.43. The molecule has 18 heavy (non-hydrogen) atoms. The van der Waals surface area contributed by atoms with Gasteiger partial charge in [-0.3, -0.25) is 4.79 Å². The van der Waals surface area contributed by atoms with Crippen molar-refractivity contribution in [3.05, 3.63) is 29.8 Å². The predicted octanol–water partition coefficient (Wildman–Crippen LogP) is 0.0636. The minimum atomic E-state index is -0.671. The maximum atomic E-state index is 10.5. The van der Waals surface area contributed by atoms with Crippen LogP contribution in [0.15, 0.2) is 24.3 Å². The van der Waals surface area contributed by atoms with Crippen molar-refractivity contribution in [2.24, 2.45) is 5.73 Å². The van der Waals surface area contributed by atoms with Gasteiger partial charge in [-0.1, -0.05) is 19.1 Å².